The molecule has 27 heavy (non-hydrogen) atoms. The number of carbonyl (C=O) groups excluding carboxylic acids is 2. The molecule has 9 nitrogen and oxygen atoms in total. The van der Waals surface area contributed by atoms with Crippen molar-refractivity contribution in [1.82, 2.24) is 25.3 Å². The summed E-state index contributed by atoms with van der Waals surface area (Å²) in [7, 11) is 1.72. The smallest absolute Gasteiger partial charge is 0.410 e. The number of aromatic nitrogens is 2. The van der Waals surface area contributed by atoms with E-state index in [0.29, 0.717) is 31.2 Å². The number of carbonyl (C=O) groups is 2. The molecule has 0 aliphatic carbocycles. The molecule has 1 N–H and O–H groups in total. The number of amides is 2. The van der Waals surface area contributed by atoms with E-state index in [-0.39, 0.29) is 30.8 Å². The van der Waals surface area contributed by atoms with Crippen molar-refractivity contribution in [1.29, 1.82) is 0 Å². The lowest BCUT2D eigenvalue weighted by molar-refractivity contribution is -0.130. The molecule has 1 aromatic rings. The van der Waals surface area contributed by atoms with Gasteiger partial charge in [-0.15, -0.1) is 12.4 Å². The monoisotopic (exact) mass is 401 g/mol. The fourth-order valence-electron chi connectivity index (χ4n) is 3.24. The molecule has 3 heterocycles. The molecule has 0 bridgehead atoms. The Balaban J connectivity index is 0.00000261. The molecule has 2 saturated heterocycles. The molecule has 1 aromatic heterocycles. The van der Waals surface area contributed by atoms with Crippen LogP contribution in [0.1, 0.15) is 44.3 Å². The van der Waals surface area contributed by atoms with Crippen molar-refractivity contribution in [3.8, 4) is 0 Å². The third kappa shape index (κ3) is 5.10. The standard InChI is InChI=1S/C17H27N5O4.ClH/c1-12(2)15-19-13(20-26-15)4-9-21(3)14(23)10-22-11-17(25-16(22)24)5-7-18-8-6-17;/h12,18H,4-11H2,1-3H3;1H. The van der Waals surface area contributed by atoms with Gasteiger partial charge in [0, 0.05) is 38.8 Å². The van der Waals surface area contributed by atoms with E-state index in [1.165, 1.54) is 4.90 Å². The minimum absolute atomic E-state index is 0. The second-order valence-electron chi connectivity index (χ2n) is 7.43. The van der Waals surface area contributed by atoms with Crippen LogP contribution in [-0.4, -0.2) is 77.3 Å². The highest BCUT2D eigenvalue weighted by Crippen LogP contribution is 2.30. The van der Waals surface area contributed by atoms with Crippen molar-refractivity contribution >= 4 is 24.4 Å². The first kappa shape index (κ1) is 21.4. The van der Waals surface area contributed by atoms with Gasteiger partial charge < -0.3 is 19.5 Å². The average molecular weight is 402 g/mol. The molecule has 152 valence electrons. The van der Waals surface area contributed by atoms with E-state index in [4.69, 9.17) is 9.26 Å². The van der Waals surface area contributed by atoms with E-state index in [1.54, 1.807) is 11.9 Å². The second kappa shape index (κ2) is 8.88. The zero-order valence-electron chi connectivity index (χ0n) is 16.1. The maximum absolute atomic E-state index is 12.5. The summed E-state index contributed by atoms with van der Waals surface area (Å²) in [6.07, 6.45) is 1.69. The maximum atomic E-state index is 12.5. The van der Waals surface area contributed by atoms with E-state index in [0.717, 1.165) is 25.9 Å². The highest BCUT2D eigenvalue weighted by atomic mass is 35.5. The van der Waals surface area contributed by atoms with Gasteiger partial charge in [-0.3, -0.25) is 9.69 Å². The van der Waals surface area contributed by atoms with Crippen LogP contribution in [0.3, 0.4) is 0 Å². The number of nitrogens with zero attached hydrogens (tertiary/aromatic N) is 4. The molecule has 2 fully saturated rings. The summed E-state index contributed by atoms with van der Waals surface area (Å²) < 4.78 is 10.7. The first-order chi connectivity index (χ1) is 12.4. The first-order valence-corrected chi connectivity index (χ1v) is 9.14. The predicted molar refractivity (Wildman–Crippen MR) is 99.9 cm³/mol. The molecule has 2 amide bonds. The van der Waals surface area contributed by atoms with Gasteiger partial charge in [0.2, 0.25) is 11.8 Å². The zero-order valence-corrected chi connectivity index (χ0v) is 16.9. The summed E-state index contributed by atoms with van der Waals surface area (Å²) in [4.78, 5) is 32.0. The van der Waals surface area contributed by atoms with E-state index >= 15 is 0 Å². The van der Waals surface area contributed by atoms with Crippen molar-refractivity contribution in [2.75, 3.05) is 39.8 Å². The predicted octanol–water partition coefficient (Wildman–Crippen LogP) is 1.19. The minimum Gasteiger partial charge on any atom is -0.441 e. The third-order valence-corrected chi connectivity index (χ3v) is 4.96. The Morgan fingerprint density at radius 1 is 1.37 bits per heavy atom. The summed E-state index contributed by atoms with van der Waals surface area (Å²) >= 11 is 0. The van der Waals surface area contributed by atoms with Crippen molar-refractivity contribution in [3.63, 3.8) is 0 Å². The van der Waals surface area contributed by atoms with E-state index in [2.05, 4.69) is 15.5 Å². The van der Waals surface area contributed by atoms with Gasteiger partial charge in [0.1, 0.15) is 12.1 Å². The SMILES string of the molecule is CC(C)c1nc(CCN(C)C(=O)CN2CC3(CCNCC3)OC2=O)no1.Cl. The fraction of sp³-hybridized carbons (Fsp3) is 0.765. The number of nitrogens with one attached hydrogen (secondary N) is 1. The quantitative estimate of drug-likeness (QED) is 0.763. The molecule has 0 atom stereocenters. The molecule has 0 saturated carbocycles. The average Bonchev–Trinajstić information content (AvgIpc) is 3.19. The molecule has 1 spiro atoms. The third-order valence-electron chi connectivity index (χ3n) is 4.96. The minimum atomic E-state index is -0.431. The van der Waals surface area contributed by atoms with Gasteiger partial charge >= 0.3 is 6.09 Å². The molecule has 0 unspecified atom stereocenters. The summed E-state index contributed by atoms with van der Waals surface area (Å²) in [5.74, 6) is 1.24. The molecule has 0 radical (unpaired) electrons. The lowest BCUT2D eigenvalue weighted by Gasteiger charge is -2.31. The Morgan fingerprint density at radius 2 is 2.07 bits per heavy atom. The van der Waals surface area contributed by atoms with Crippen molar-refractivity contribution < 1.29 is 18.8 Å². The number of halogens is 1. The first-order valence-electron chi connectivity index (χ1n) is 9.14. The molecule has 2 aliphatic heterocycles. The van der Waals surface area contributed by atoms with Gasteiger partial charge in [0.25, 0.3) is 0 Å². The number of likely N-dealkylation sites (N-methyl/N-ethyl adjacent to an activating group) is 1. The van der Waals surface area contributed by atoms with Gasteiger partial charge in [-0.2, -0.15) is 4.98 Å². The summed E-state index contributed by atoms with van der Waals surface area (Å²) in [6, 6.07) is 0. The lowest BCUT2D eigenvalue weighted by Crippen LogP contribution is -2.46. The number of piperidine rings is 1. The van der Waals surface area contributed by atoms with Crippen LogP contribution >= 0.6 is 12.4 Å². The van der Waals surface area contributed by atoms with Crippen LogP contribution in [0.15, 0.2) is 4.52 Å². The summed E-state index contributed by atoms with van der Waals surface area (Å²) in [5, 5.41) is 7.19. The Labute approximate surface area is 165 Å². The van der Waals surface area contributed by atoms with Gasteiger partial charge in [-0.05, 0) is 13.1 Å². The highest BCUT2D eigenvalue weighted by Gasteiger charge is 2.46. The van der Waals surface area contributed by atoms with Crippen LogP contribution < -0.4 is 5.32 Å². The van der Waals surface area contributed by atoms with E-state index < -0.39 is 11.7 Å². The molecule has 3 rings (SSSR count). The topological polar surface area (TPSA) is 101 Å². The highest BCUT2D eigenvalue weighted by molar-refractivity contribution is 5.85. The Hall–Kier alpha value is -1.87. The van der Waals surface area contributed by atoms with E-state index in [9.17, 15) is 9.59 Å². The van der Waals surface area contributed by atoms with Crippen molar-refractivity contribution in [2.24, 2.45) is 0 Å². The van der Waals surface area contributed by atoms with Gasteiger partial charge in [0.15, 0.2) is 5.82 Å². The Kier molecular flexibility index (Phi) is 7.05. The Morgan fingerprint density at radius 3 is 2.70 bits per heavy atom. The van der Waals surface area contributed by atoms with Gasteiger partial charge in [-0.1, -0.05) is 19.0 Å². The zero-order chi connectivity index (χ0) is 18.7. The summed E-state index contributed by atoms with van der Waals surface area (Å²) in [5.41, 5.74) is -0.431. The molecule has 0 aromatic carbocycles. The number of hydrogen-bond donors (Lipinski definition) is 1. The van der Waals surface area contributed by atoms with E-state index in [1.807, 2.05) is 13.8 Å². The molecular weight excluding hydrogens is 374 g/mol. The number of hydrogen-bond acceptors (Lipinski definition) is 7. The van der Waals surface area contributed by atoms with Crippen LogP contribution in [0.2, 0.25) is 0 Å². The van der Waals surface area contributed by atoms with Crippen molar-refractivity contribution in [2.45, 2.75) is 44.6 Å². The van der Waals surface area contributed by atoms with Crippen LogP contribution in [0.25, 0.3) is 0 Å². The maximum Gasteiger partial charge on any atom is 0.410 e. The van der Waals surface area contributed by atoms with Crippen LogP contribution in [0, 0.1) is 0 Å². The Bertz CT molecular complexity index is 660. The molecular formula is C17H28ClN5O4. The molecule has 2 aliphatic rings. The summed E-state index contributed by atoms with van der Waals surface area (Å²) in [6.45, 7) is 6.61. The molecule has 10 heteroatoms. The second-order valence-corrected chi connectivity index (χ2v) is 7.43. The normalized spacial score (nSPS) is 18.5. The number of rotatable bonds is 6. The van der Waals surface area contributed by atoms with Crippen LogP contribution in [0.5, 0.6) is 0 Å². The van der Waals surface area contributed by atoms with Crippen LogP contribution in [-0.2, 0) is 16.0 Å². The van der Waals surface area contributed by atoms with Crippen molar-refractivity contribution in [3.05, 3.63) is 11.7 Å². The largest absolute Gasteiger partial charge is 0.441 e. The van der Waals surface area contributed by atoms with Gasteiger partial charge in [-0.25, -0.2) is 4.79 Å². The fourth-order valence-corrected chi connectivity index (χ4v) is 3.24. The number of ether oxygens (including phenoxy) is 1. The van der Waals surface area contributed by atoms with Gasteiger partial charge in [0.05, 0.1) is 6.54 Å². The van der Waals surface area contributed by atoms with Crippen LogP contribution in [0.4, 0.5) is 4.79 Å². The lowest BCUT2D eigenvalue weighted by atomic mass is 9.92.